The monoisotopic (exact) mass is 336 g/mol. The van der Waals surface area contributed by atoms with Crippen molar-refractivity contribution in [3.63, 3.8) is 0 Å². The van der Waals surface area contributed by atoms with Gasteiger partial charge in [0.15, 0.2) is 0 Å². The van der Waals surface area contributed by atoms with Gasteiger partial charge in [0.25, 0.3) is 5.56 Å². The molecule has 0 aliphatic carbocycles. The van der Waals surface area contributed by atoms with Crippen molar-refractivity contribution in [3.8, 4) is 5.69 Å². The molecule has 2 aromatic heterocycles. The van der Waals surface area contributed by atoms with E-state index in [2.05, 4.69) is 11.6 Å². The first-order valence-corrected chi connectivity index (χ1v) is 8.20. The van der Waals surface area contributed by atoms with Crippen molar-refractivity contribution in [1.29, 1.82) is 0 Å². The topological polar surface area (TPSA) is 37.8 Å². The van der Waals surface area contributed by atoms with E-state index in [1.165, 1.54) is 17.4 Å². The molecule has 0 unspecified atom stereocenters. The summed E-state index contributed by atoms with van der Waals surface area (Å²) in [4.78, 5) is 14.6. The highest BCUT2D eigenvalue weighted by molar-refractivity contribution is 7.07. The Hall–Kier alpha value is -2.92. The second-order valence-electron chi connectivity index (χ2n) is 5.41. The van der Waals surface area contributed by atoms with Crippen molar-refractivity contribution in [2.24, 2.45) is 0 Å². The van der Waals surface area contributed by atoms with E-state index in [0.29, 0.717) is 20.1 Å². The van der Waals surface area contributed by atoms with Crippen LogP contribution in [0.1, 0.15) is 5.56 Å². The van der Waals surface area contributed by atoms with Crippen molar-refractivity contribution in [2.45, 2.75) is 0 Å². The van der Waals surface area contributed by atoms with Gasteiger partial charge in [-0.2, -0.15) is 0 Å². The Balaban J connectivity index is 2.07. The minimum absolute atomic E-state index is 0.207. The summed E-state index contributed by atoms with van der Waals surface area (Å²) >= 11 is 1.26. The molecule has 0 radical (unpaired) electrons. The van der Waals surface area contributed by atoms with Gasteiger partial charge in [0.05, 0.1) is 14.7 Å². The average Bonchev–Trinajstić information content (AvgIpc) is 3.10. The number of hydrogen-bond donors (Lipinski definition) is 1. The number of aromatic nitrogens is 2. The summed E-state index contributed by atoms with van der Waals surface area (Å²) in [5.41, 5.74) is 2.15. The van der Waals surface area contributed by atoms with Crippen molar-refractivity contribution in [3.05, 3.63) is 85.7 Å². The molecule has 0 fully saturated rings. The van der Waals surface area contributed by atoms with Crippen LogP contribution in [0.15, 0.2) is 59.5 Å². The van der Waals surface area contributed by atoms with E-state index in [1.54, 1.807) is 12.1 Å². The maximum absolute atomic E-state index is 14.5. The number of hydrogen-bond acceptors (Lipinski definition) is 2. The van der Waals surface area contributed by atoms with Crippen LogP contribution >= 0.6 is 11.3 Å². The third-order valence-corrected chi connectivity index (χ3v) is 4.71. The Morgan fingerprint density at radius 1 is 1.12 bits per heavy atom. The average molecular weight is 336 g/mol. The van der Waals surface area contributed by atoms with Crippen LogP contribution in [0.3, 0.4) is 0 Å². The van der Waals surface area contributed by atoms with Gasteiger partial charge in [0.2, 0.25) is 0 Å². The highest BCUT2D eigenvalue weighted by Crippen LogP contribution is 2.27. The molecule has 0 amide bonds. The molecule has 5 heteroatoms. The number of H-pyrrole nitrogens is 1. The lowest BCUT2D eigenvalue weighted by Gasteiger charge is -2.04. The van der Waals surface area contributed by atoms with Gasteiger partial charge in [-0.25, -0.2) is 4.39 Å². The molecule has 0 spiro atoms. The van der Waals surface area contributed by atoms with E-state index in [0.717, 1.165) is 11.2 Å². The van der Waals surface area contributed by atoms with Crippen molar-refractivity contribution >= 4 is 34.9 Å². The highest BCUT2D eigenvalue weighted by atomic mass is 32.1. The van der Waals surface area contributed by atoms with Crippen LogP contribution in [-0.2, 0) is 0 Å². The largest absolute Gasteiger partial charge is 0.316 e. The molecular weight excluding hydrogens is 323 g/mol. The molecule has 0 aliphatic rings. The summed E-state index contributed by atoms with van der Waals surface area (Å²) in [6, 6.07) is 14.7. The van der Waals surface area contributed by atoms with Gasteiger partial charge in [-0.1, -0.05) is 30.8 Å². The summed E-state index contributed by atoms with van der Waals surface area (Å²) in [5.74, 6) is -0.309. The number of halogens is 1. The first-order chi connectivity index (χ1) is 11.6. The third kappa shape index (κ3) is 2.39. The summed E-state index contributed by atoms with van der Waals surface area (Å²) in [6.07, 6.45) is 3.56. The van der Waals surface area contributed by atoms with E-state index in [1.807, 2.05) is 47.2 Å². The number of nitrogens with zero attached hydrogens (tertiary/aromatic N) is 1. The molecule has 2 aromatic carbocycles. The molecule has 4 aromatic rings. The zero-order chi connectivity index (χ0) is 16.7. The van der Waals surface area contributed by atoms with E-state index in [4.69, 9.17) is 0 Å². The van der Waals surface area contributed by atoms with Crippen LogP contribution < -0.4 is 14.8 Å². The zero-order valence-electron chi connectivity index (χ0n) is 12.6. The second kappa shape index (κ2) is 5.62. The van der Waals surface area contributed by atoms with Crippen LogP contribution in [0.2, 0.25) is 0 Å². The number of para-hydroxylation sites is 1. The van der Waals surface area contributed by atoms with Crippen LogP contribution in [0.5, 0.6) is 0 Å². The van der Waals surface area contributed by atoms with Gasteiger partial charge in [-0.3, -0.25) is 4.79 Å². The van der Waals surface area contributed by atoms with E-state index in [-0.39, 0.29) is 11.4 Å². The van der Waals surface area contributed by atoms with Crippen LogP contribution in [-0.4, -0.2) is 9.55 Å². The number of benzene rings is 2. The van der Waals surface area contributed by atoms with Crippen molar-refractivity contribution < 1.29 is 4.39 Å². The molecule has 4 rings (SSSR count). The van der Waals surface area contributed by atoms with E-state index >= 15 is 0 Å². The number of thiazole rings is 1. The molecule has 2 heterocycles. The maximum atomic E-state index is 14.5. The van der Waals surface area contributed by atoms with Gasteiger partial charge in [-0.15, -0.1) is 11.3 Å². The van der Waals surface area contributed by atoms with Crippen molar-refractivity contribution in [2.75, 3.05) is 0 Å². The molecule has 3 nitrogen and oxygen atoms in total. The lowest BCUT2D eigenvalue weighted by molar-refractivity contribution is 0.640. The molecule has 118 valence electrons. The van der Waals surface area contributed by atoms with Gasteiger partial charge >= 0.3 is 0 Å². The fourth-order valence-corrected chi connectivity index (χ4v) is 3.55. The number of aromatic amines is 1. The fraction of sp³-hybridized carbons (Fsp3) is 0. The Labute approximate surface area is 140 Å². The van der Waals surface area contributed by atoms with Gasteiger partial charge in [0.1, 0.15) is 5.82 Å². The number of rotatable bonds is 2. The SMILES string of the molecule is C=c1[nH]c(=O)/c(=C/c2cn(-c3ccccc3)c3cccc(F)c23)s1. The molecule has 0 atom stereocenters. The number of fused-ring (bicyclic) bond motifs is 1. The summed E-state index contributed by atoms with van der Waals surface area (Å²) in [7, 11) is 0. The molecule has 0 saturated carbocycles. The summed E-state index contributed by atoms with van der Waals surface area (Å²) in [5, 5.41) is 0.500. The Morgan fingerprint density at radius 2 is 1.92 bits per heavy atom. The molecule has 0 aliphatic heterocycles. The lowest BCUT2D eigenvalue weighted by Crippen LogP contribution is -2.19. The standard InChI is InChI=1S/C19H13FN2OS/c1-12-21-19(23)17(24-12)10-13-11-22(14-6-3-2-4-7-14)16-9-5-8-15(20)18(13)16/h2-11H,1H2,(H,21,23)/b17-10-. The van der Waals surface area contributed by atoms with E-state index in [9.17, 15) is 9.18 Å². The predicted molar refractivity (Wildman–Crippen MR) is 96.5 cm³/mol. The Morgan fingerprint density at radius 3 is 2.62 bits per heavy atom. The fourth-order valence-electron chi connectivity index (χ4n) is 2.81. The normalized spacial score (nSPS) is 12.1. The Kier molecular flexibility index (Phi) is 3.43. The van der Waals surface area contributed by atoms with Gasteiger partial charge < -0.3 is 9.55 Å². The molecular formula is C19H13FN2OS. The summed E-state index contributed by atoms with van der Waals surface area (Å²) < 4.78 is 17.5. The lowest BCUT2D eigenvalue weighted by atomic mass is 10.1. The minimum atomic E-state index is -0.309. The first kappa shape index (κ1) is 14.7. The molecule has 24 heavy (non-hydrogen) atoms. The van der Waals surface area contributed by atoms with E-state index < -0.39 is 0 Å². The smallest absolute Gasteiger partial charge is 0.266 e. The molecule has 1 N–H and O–H groups in total. The van der Waals surface area contributed by atoms with Crippen LogP contribution in [0, 0.1) is 5.82 Å². The second-order valence-corrected chi connectivity index (χ2v) is 6.55. The zero-order valence-corrected chi connectivity index (χ0v) is 13.4. The predicted octanol–water partition coefficient (Wildman–Crippen LogP) is 2.76. The molecule has 0 bridgehead atoms. The number of nitrogens with one attached hydrogen (secondary N) is 1. The van der Waals surface area contributed by atoms with Crippen molar-refractivity contribution in [1.82, 2.24) is 9.55 Å². The quantitative estimate of drug-likeness (QED) is 0.600. The maximum Gasteiger partial charge on any atom is 0.266 e. The Bertz CT molecular complexity index is 1200. The minimum Gasteiger partial charge on any atom is -0.316 e. The third-order valence-electron chi connectivity index (χ3n) is 3.84. The van der Waals surface area contributed by atoms with Crippen LogP contribution in [0.25, 0.3) is 29.2 Å². The highest BCUT2D eigenvalue weighted by Gasteiger charge is 2.12. The van der Waals surface area contributed by atoms with Crippen LogP contribution in [0.4, 0.5) is 4.39 Å². The molecule has 0 saturated heterocycles. The summed E-state index contributed by atoms with van der Waals surface area (Å²) in [6.45, 7) is 3.74. The van der Waals surface area contributed by atoms with Gasteiger partial charge in [0, 0.05) is 22.8 Å². The van der Waals surface area contributed by atoms with Gasteiger partial charge in [-0.05, 0) is 30.3 Å². The first-order valence-electron chi connectivity index (χ1n) is 7.38.